The first-order chi connectivity index (χ1) is 18.4. The van der Waals surface area contributed by atoms with Gasteiger partial charge >= 0.3 is 5.97 Å². The molecule has 2 atom stereocenters. The Morgan fingerprint density at radius 3 is 2.89 bits per heavy atom. The molecular weight excluding hydrogens is 530 g/mol. The van der Waals surface area contributed by atoms with Gasteiger partial charge in [-0.3, -0.25) is 14.5 Å². The summed E-state index contributed by atoms with van der Waals surface area (Å²) in [7, 11) is 0. The van der Waals surface area contributed by atoms with Crippen molar-refractivity contribution < 1.29 is 28.9 Å². The number of thioether (sulfide) groups is 1. The van der Waals surface area contributed by atoms with E-state index in [0.717, 1.165) is 29.8 Å². The number of carbonyl (C=O) groups excluding carboxylic acids is 2. The summed E-state index contributed by atoms with van der Waals surface area (Å²) in [6, 6.07) is 4.84. The Labute approximate surface area is 224 Å². The van der Waals surface area contributed by atoms with Crippen LogP contribution in [0.4, 0.5) is 5.13 Å². The molecule has 3 aromatic heterocycles. The number of nitrogens with zero attached hydrogens (tertiary/aromatic N) is 5. The van der Waals surface area contributed by atoms with E-state index in [2.05, 4.69) is 15.5 Å². The highest BCUT2D eigenvalue weighted by atomic mass is 32.2. The second-order valence-corrected chi connectivity index (χ2v) is 11.3. The molecule has 5 heterocycles. The fourth-order valence-electron chi connectivity index (χ4n) is 4.49. The number of hydrogen-bond donors (Lipinski definition) is 3. The number of nitrogens with one attached hydrogen (secondary N) is 1. The summed E-state index contributed by atoms with van der Waals surface area (Å²) in [5.41, 5.74) is 7.40. The number of carboxylic acids is 1. The maximum Gasteiger partial charge on any atom is 0.352 e. The molecule has 2 aliphatic heterocycles. The number of imidazole rings is 1. The Bertz CT molecular complexity index is 1510. The van der Waals surface area contributed by atoms with Crippen molar-refractivity contribution in [1.82, 2.24) is 19.6 Å². The van der Waals surface area contributed by atoms with E-state index >= 15 is 0 Å². The maximum atomic E-state index is 13.2. The number of amides is 2. The summed E-state index contributed by atoms with van der Waals surface area (Å²) >= 11 is 2.57. The summed E-state index contributed by atoms with van der Waals surface area (Å²) < 4.78 is 3.87. The van der Waals surface area contributed by atoms with Gasteiger partial charge in [0, 0.05) is 22.8 Å². The van der Waals surface area contributed by atoms with Gasteiger partial charge in [0.25, 0.3) is 17.5 Å². The van der Waals surface area contributed by atoms with Crippen LogP contribution >= 0.6 is 23.1 Å². The van der Waals surface area contributed by atoms with E-state index in [4.69, 9.17) is 10.6 Å². The molecule has 0 bridgehead atoms. The molecule has 0 aromatic carbocycles. The van der Waals surface area contributed by atoms with E-state index in [1.54, 1.807) is 5.38 Å². The number of hydrogen-bond acceptors (Lipinski definition) is 9. The van der Waals surface area contributed by atoms with Crippen molar-refractivity contribution in [2.75, 3.05) is 18.1 Å². The van der Waals surface area contributed by atoms with E-state index in [1.165, 1.54) is 16.7 Å². The predicted molar refractivity (Wildman–Crippen MR) is 139 cm³/mol. The highest BCUT2D eigenvalue weighted by molar-refractivity contribution is 8.00. The number of aliphatic carboxylic acids is 1. The standard InChI is InChI=1S/C24H23N7O5S2/c25-24-26-15(12-38-24)17(28-36-10-13-4-5-13)20(32)27-18-21(33)31-19(23(34)35)14(11-37-22(18)31)9-30-8-7-29-6-2-1-3-16(29)30/h1-3,6-8,12-13,18,22H,4-5,9-11H2,(H3-,25,26,27,32,34,35)/p+1/b28-17+/t18-,22-/m1/s1. The number of nitrogen functional groups attached to an aromatic ring is 1. The van der Waals surface area contributed by atoms with Crippen molar-refractivity contribution in [3.8, 4) is 0 Å². The molecule has 4 N–H and O–H groups in total. The third-order valence-corrected chi connectivity index (χ3v) is 8.62. The zero-order chi connectivity index (χ0) is 26.4. The van der Waals surface area contributed by atoms with Gasteiger partial charge in [-0.1, -0.05) is 11.2 Å². The van der Waals surface area contributed by atoms with Crippen LogP contribution in [-0.4, -0.2) is 66.7 Å². The SMILES string of the molecule is Nc1nc(/C(=N\OCC2CC2)C(=O)N[C@@H]2C(=O)N3C(C(=O)O)=C(C[n+]4ccn5ccccc54)CS[C@H]23)cs1. The number of aromatic nitrogens is 3. The number of anilines is 1. The predicted octanol–water partition coefficient (Wildman–Crippen LogP) is 0.835. The second kappa shape index (κ2) is 9.76. The third kappa shape index (κ3) is 4.49. The fourth-order valence-corrected chi connectivity index (χ4v) is 6.37. The summed E-state index contributed by atoms with van der Waals surface area (Å²) in [6.07, 6.45) is 7.79. The van der Waals surface area contributed by atoms with Crippen molar-refractivity contribution in [1.29, 1.82) is 0 Å². The number of oxime groups is 1. The van der Waals surface area contributed by atoms with Crippen LogP contribution < -0.4 is 15.6 Å². The Hall–Kier alpha value is -3.91. The molecule has 12 nitrogen and oxygen atoms in total. The van der Waals surface area contributed by atoms with E-state index in [1.807, 2.05) is 45.8 Å². The molecule has 2 fully saturated rings. The Balaban J connectivity index is 1.21. The van der Waals surface area contributed by atoms with Crippen molar-refractivity contribution in [2.45, 2.75) is 30.8 Å². The number of rotatable bonds is 9. The highest BCUT2D eigenvalue weighted by Gasteiger charge is 2.54. The van der Waals surface area contributed by atoms with E-state index in [0.29, 0.717) is 30.4 Å². The molecule has 1 saturated carbocycles. The minimum atomic E-state index is -1.18. The number of pyridine rings is 1. The molecule has 3 aliphatic rings. The topological polar surface area (TPSA) is 155 Å². The van der Waals surface area contributed by atoms with Crippen LogP contribution in [0.2, 0.25) is 0 Å². The van der Waals surface area contributed by atoms with Crippen LogP contribution in [0, 0.1) is 5.92 Å². The molecule has 3 aromatic rings. The minimum Gasteiger partial charge on any atom is -0.477 e. The van der Waals surface area contributed by atoms with Crippen molar-refractivity contribution >= 4 is 57.4 Å². The molecule has 1 aliphatic carbocycles. The molecule has 38 heavy (non-hydrogen) atoms. The molecule has 1 saturated heterocycles. The summed E-state index contributed by atoms with van der Waals surface area (Å²) in [5.74, 6) is -1.47. The van der Waals surface area contributed by atoms with Gasteiger partial charge in [-0.2, -0.15) is 0 Å². The van der Waals surface area contributed by atoms with E-state index < -0.39 is 29.2 Å². The van der Waals surface area contributed by atoms with Gasteiger partial charge in [0.2, 0.25) is 0 Å². The van der Waals surface area contributed by atoms with Crippen molar-refractivity contribution in [3.05, 3.63) is 59.1 Å². The first-order valence-electron chi connectivity index (χ1n) is 12.0. The first-order valence-corrected chi connectivity index (χ1v) is 13.9. The van der Waals surface area contributed by atoms with Gasteiger partial charge < -0.3 is 21.0 Å². The number of nitrogens with two attached hydrogens (primary N) is 1. The fraction of sp³-hybridized carbons (Fsp3) is 0.333. The molecule has 2 amide bonds. The van der Waals surface area contributed by atoms with E-state index in [-0.39, 0.29) is 22.2 Å². The molecular formula is C24H24N7O5S2+. The van der Waals surface area contributed by atoms with Crippen LogP contribution in [0.15, 0.2) is 58.6 Å². The maximum absolute atomic E-state index is 13.2. The van der Waals surface area contributed by atoms with Gasteiger partial charge in [-0.15, -0.1) is 23.1 Å². The number of carboxylic acid groups (broad SMARTS) is 1. The van der Waals surface area contributed by atoms with Crippen molar-refractivity contribution in [2.24, 2.45) is 11.1 Å². The molecule has 14 heteroatoms. The monoisotopic (exact) mass is 554 g/mol. The van der Waals surface area contributed by atoms with Crippen LogP contribution in [0.5, 0.6) is 0 Å². The number of carbonyl (C=O) groups is 3. The molecule has 0 unspecified atom stereocenters. The van der Waals surface area contributed by atoms with Gasteiger partial charge in [-0.25, -0.2) is 18.7 Å². The van der Waals surface area contributed by atoms with Crippen LogP contribution in [0.25, 0.3) is 5.65 Å². The Morgan fingerprint density at radius 2 is 2.16 bits per heavy atom. The number of β-lactam (4-membered cyclic amide) rings is 1. The van der Waals surface area contributed by atoms with Gasteiger partial charge in [-0.05, 0) is 24.8 Å². The first kappa shape index (κ1) is 24.4. The average Bonchev–Trinajstić information content (AvgIpc) is 3.50. The van der Waals surface area contributed by atoms with Crippen LogP contribution in [0.1, 0.15) is 18.5 Å². The largest absolute Gasteiger partial charge is 0.477 e. The molecule has 196 valence electrons. The third-order valence-electron chi connectivity index (χ3n) is 6.61. The summed E-state index contributed by atoms with van der Waals surface area (Å²) in [5, 5.41) is 18.1. The van der Waals surface area contributed by atoms with E-state index in [9.17, 15) is 19.5 Å². The number of thiazole rings is 1. The zero-order valence-corrected chi connectivity index (χ0v) is 21.7. The zero-order valence-electron chi connectivity index (χ0n) is 20.0. The smallest absolute Gasteiger partial charge is 0.352 e. The summed E-state index contributed by atoms with van der Waals surface area (Å²) in [6.45, 7) is 0.721. The molecule has 6 rings (SSSR count). The van der Waals surface area contributed by atoms with Gasteiger partial charge in [0.05, 0.1) is 6.20 Å². The molecule has 0 radical (unpaired) electrons. The van der Waals surface area contributed by atoms with Gasteiger partial charge in [0.15, 0.2) is 10.8 Å². The average molecular weight is 555 g/mol. The summed E-state index contributed by atoms with van der Waals surface area (Å²) in [4.78, 5) is 49.4. The highest BCUT2D eigenvalue weighted by Crippen LogP contribution is 2.40. The van der Waals surface area contributed by atoms with Gasteiger partial charge in [0.1, 0.15) is 48.4 Å². The van der Waals surface area contributed by atoms with Crippen LogP contribution in [0.3, 0.4) is 0 Å². The van der Waals surface area contributed by atoms with Crippen LogP contribution in [-0.2, 0) is 25.8 Å². The lowest BCUT2D eigenvalue weighted by Gasteiger charge is -2.49. The Kier molecular flexibility index (Phi) is 6.27. The second-order valence-electron chi connectivity index (χ2n) is 9.26. The normalized spacial score (nSPS) is 21.3. The lowest BCUT2D eigenvalue weighted by atomic mass is 10.0. The lowest BCUT2D eigenvalue weighted by Crippen LogP contribution is -2.71. The lowest BCUT2D eigenvalue weighted by molar-refractivity contribution is -0.662. The molecule has 0 spiro atoms. The Morgan fingerprint density at radius 1 is 1.32 bits per heavy atom. The minimum absolute atomic E-state index is 0.0408. The van der Waals surface area contributed by atoms with Crippen molar-refractivity contribution in [3.63, 3.8) is 0 Å². The number of fused-ring (bicyclic) bond motifs is 2. The quantitative estimate of drug-likeness (QED) is 0.152.